The van der Waals surface area contributed by atoms with E-state index in [-0.39, 0.29) is 11.2 Å². The number of methoxy groups -OCH3 is 2. The molecule has 0 aliphatic heterocycles. The molecule has 5 heteroatoms. The highest BCUT2D eigenvalue weighted by Crippen LogP contribution is 2.28. The monoisotopic (exact) mass is 273 g/mol. The van der Waals surface area contributed by atoms with Crippen LogP contribution in [0.3, 0.4) is 0 Å². The van der Waals surface area contributed by atoms with Crippen molar-refractivity contribution < 1.29 is 14.3 Å². The number of amides is 1. The first-order valence-electron chi connectivity index (χ1n) is 4.29. The van der Waals surface area contributed by atoms with Crippen molar-refractivity contribution in [1.82, 2.24) is 0 Å². The molecule has 0 aromatic heterocycles. The molecule has 0 aliphatic carbocycles. The van der Waals surface area contributed by atoms with Crippen LogP contribution in [-0.4, -0.2) is 25.5 Å². The van der Waals surface area contributed by atoms with Gasteiger partial charge in [-0.3, -0.25) is 4.79 Å². The third-order valence-electron chi connectivity index (χ3n) is 1.80. The third kappa shape index (κ3) is 3.13. The van der Waals surface area contributed by atoms with E-state index in [1.807, 2.05) is 0 Å². The van der Waals surface area contributed by atoms with E-state index in [0.717, 1.165) is 0 Å². The first-order chi connectivity index (χ1) is 7.21. The predicted molar refractivity (Wildman–Crippen MR) is 62.0 cm³/mol. The molecule has 1 rings (SSSR count). The summed E-state index contributed by atoms with van der Waals surface area (Å²) in [4.78, 5) is 11.2. The Kier molecular flexibility index (Phi) is 4.42. The molecule has 0 radical (unpaired) electrons. The van der Waals surface area contributed by atoms with Crippen molar-refractivity contribution in [3.8, 4) is 11.5 Å². The van der Waals surface area contributed by atoms with Gasteiger partial charge in [0, 0.05) is 6.07 Å². The number of hydrogen-bond acceptors (Lipinski definition) is 3. The van der Waals surface area contributed by atoms with Gasteiger partial charge in [0.05, 0.1) is 25.2 Å². The maximum atomic E-state index is 11.2. The zero-order chi connectivity index (χ0) is 11.3. The highest BCUT2D eigenvalue weighted by Gasteiger charge is 2.07. The quantitative estimate of drug-likeness (QED) is 0.855. The van der Waals surface area contributed by atoms with Gasteiger partial charge in [0.25, 0.3) is 0 Å². The largest absolute Gasteiger partial charge is 0.497 e. The highest BCUT2D eigenvalue weighted by atomic mass is 79.9. The van der Waals surface area contributed by atoms with Crippen molar-refractivity contribution in [1.29, 1.82) is 0 Å². The molecule has 0 spiro atoms. The van der Waals surface area contributed by atoms with Gasteiger partial charge in [-0.15, -0.1) is 0 Å². The first-order valence-corrected chi connectivity index (χ1v) is 5.41. The van der Waals surface area contributed by atoms with E-state index >= 15 is 0 Å². The number of carbonyl (C=O) groups is 1. The second-order valence-electron chi connectivity index (χ2n) is 2.75. The second kappa shape index (κ2) is 5.60. The molecular weight excluding hydrogens is 262 g/mol. The molecule has 0 heterocycles. The SMILES string of the molecule is COc1ccc(NC(=O)CBr)c(OC)c1. The lowest BCUT2D eigenvalue weighted by molar-refractivity contribution is -0.113. The fourth-order valence-electron chi connectivity index (χ4n) is 1.09. The summed E-state index contributed by atoms with van der Waals surface area (Å²) < 4.78 is 10.2. The minimum Gasteiger partial charge on any atom is -0.497 e. The molecule has 0 aliphatic rings. The molecule has 0 saturated heterocycles. The van der Waals surface area contributed by atoms with Crippen LogP contribution >= 0.6 is 15.9 Å². The summed E-state index contributed by atoms with van der Waals surface area (Å²) in [6, 6.07) is 5.20. The van der Waals surface area contributed by atoms with Gasteiger partial charge in [-0.1, -0.05) is 15.9 Å². The number of hydrogen-bond donors (Lipinski definition) is 1. The fourth-order valence-corrected chi connectivity index (χ4v) is 1.23. The normalized spacial score (nSPS) is 9.53. The summed E-state index contributed by atoms with van der Waals surface area (Å²) in [5.74, 6) is 1.13. The second-order valence-corrected chi connectivity index (χ2v) is 3.31. The highest BCUT2D eigenvalue weighted by molar-refractivity contribution is 9.09. The Bertz CT molecular complexity index is 355. The van der Waals surface area contributed by atoms with Crippen molar-refractivity contribution in [2.24, 2.45) is 0 Å². The average Bonchev–Trinajstić information content (AvgIpc) is 2.29. The molecule has 0 fully saturated rings. The third-order valence-corrected chi connectivity index (χ3v) is 2.31. The van der Waals surface area contributed by atoms with Gasteiger partial charge in [-0.2, -0.15) is 0 Å². The van der Waals surface area contributed by atoms with Crippen molar-refractivity contribution in [2.75, 3.05) is 24.9 Å². The number of ether oxygens (including phenoxy) is 2. The summed E-state index contributed by atoms with van der Waals surface area (Å²) in [5.41, 5.74) is 0.628. The molecule has 1 aromatic carbocycles. The van der Waals surface area contributed by atoms with E-state index in [4.69, 9.17) is 9.47 Å². The van der Waals surface area contributed by atoms with E-state index < -0.39 is 0 Å². The Morgan fingerprint density at radius 2 is 2.13 bits per heavy atom. The minimum atomic E-state index is -0.126. The van der Waals surface area contributed by atoms with Gasteiger partial charge in [0.2, 0.25) is 5.91 Å². The van der Waals surface area contributed by atoms with E-state index in [1.54, 1.807) is 32.4 Å². The van der Waals surface area contributed by atoms with Crippen LogP contribution in [0.2, 0.25) is 0 Å². The molecule has 1 amide bonds. The van der Waals surface area contributed by atoms with Crippen molar-refractivity contribution >= 4 is 27.5 Å². The van der Waals surface area contributed by atoms with E-state index in [0.29, 0.717) is 17.2 Å². The van der Waals surface area contributed by atoms with Crippen LogP contribution in [0.5, 0.6) is 11.5 Å². The van der Waals surface area contributed by atoms with Gasteiger partial charge in [-0.25, -0.2) is 0 Å². The van der Waals surface area contributed by atoms with E-state index in [1.165, 1.54) is 0 Å². The van der Waals surface area contributed by atoms with Crippen molar-refractivity contribution in [3.63, 3.8) is 0 Å². The van der Waals surface area contributed by atoms with Crippen LogP contribution in [-0.2, 0) is 4.79 Å². The summed E-state index contributed by atoms with van der Waals surface area (Å²) in [7, 11) is 3.12. The van der Waals surface area contributed by atoms with Crippen molar-refractivity contribution in [3.05, 3.63) is 18.2 Å². The molecular formula is C10H12BrNO3. The molecule has 1 N–H and O–H groups in total. The average molecular weight is 274 g/mol. The van der Waals surface area contributed by atoms with Crippen LogP contribution in [0.1, 0.15) is 0 Å². The summed E-state index contributed by atoms with van der Waals surface area (Å²) >= 11 is 3.07. The smallest absolute Gasteiger partial charge is 0.235 e. The maximum Gasteiger partial charge on any atom is 0.235 e. The molecule has 1 aromatic rings. The molecule has 4 nitrogen and oxygen atoms in total. The van der Waals surface area contributed by atoms with Crippen LogP contribution in [0.25, 0.3) is 0 Å². The summed E-state index contributed by atoms with van der Waals surface area (Å²) in [5, 5.41) is 2.95. The molecule has 0 saturated carbocycles. The molecule has 15 heavy (non-hydrogen) atoms. The Hall–Kier alpha value is -1.23. The Morgan fingerprint density at radius 1 is 1.40 bits per heavy atom. The predicted octanol–water partition coefficient (Wildman–Crippen LogP) is 2.04. The van der Waals surface area contributed by atoms with Gasteiger partial charge >= 0.3 is 0 Å². The molecule has 0 bridgehead atoms. The fraction of sp³-hybridized carbons (Fsp3) is 0.300. The van der Waals surface area contributed by atoms with E-state index in [9.17, 15) is 4.79 Å². The Balaban J connectivity index is 2.92. The minimum absolute atomic E-state index is 0.126. The van der Waals surface area contributed by atoms with Crippen LogP contribution < -0.4 is 14.8 Å². The van der Waals surface area contributed by atoms with E-state index in [2.05, 4.69) is 21.2 Å². The first kappa shape index (κ1) is 11.8. The number of alkyl halides is 1. The number of rotatable bonds is 4. The lowest BCUT2D eigenvalue weighted by Crippen LogP contribution is -2.13. The number of anilines is 1. The zero-order valence-electron chi connectivity index (χ0n) is 8.54. The zero-order valence-corrected chi connectivity index (χ0v) is 10.1. The molecule has 82 valence electrons. The number of carbonyl (C=O) groups excluding carboxylic acids is 1. The lowest BCUT2D eigenvalue weighted by atomic mass is 10.2. The number of halogens is 1. The van der Waals surface area contributed by atoms with Gasteiger partial charge in [0.15, 0.2) is 0 Å². The summed E-state index contributed by atoms with van der Waals surface area (Å²) in [6.07, 6.45) is 0. The van der Waals surface area contributed by atoms with Crippen LogP contribution in [0.4, 0.5) is 5.69 Å². The van der Waals surface area contributed by atoms with Crippen LogP contribution in [0.15, 0.2) is 18.2 Å². The van der Waals surface area contributed by atoms with Gasteiger partial charge in [0.1, 0.15) is 11.5 Å². The summed E-state index contributed by atoms with van der Waals surface area (Å²) in [6.45, 7) is 0. The molecule has 0 unspecified atom stereocenters. The van der Waals surface area contributed by atoms with Gasteiger partial charge < -0.3 is 14.8 Å². The number of nitrogens with one attached hydrogen (secondary N) is 1. The standard InChI is InChI=1S/C10H12BrNO3/c1-14-7-3-4-8(9(5-7)15-2)12-10(13)6-11/h3-5H,6H2,1-2H3,(H,12,13). The van der Waals surface area contributed by atoms with Gasteiger partial charge in [-0.05, 0) is 12.1 Å². The van der Waals surface area contributed by atoms with Crippen molar-refractivity contribution in [2.45, 2.75) is 0 Å². The molecule has 0 atom stereocenters. The lowest BCUT2D eigenvalue weighted by Gasteiger charge is -2.10. The Labute approximate surface area is 96.7 Å². The maximum absolute atomic E-state index is 11.2. The number of benzene rings is 1. The topological polar surface area (TPSA) is 47.6 Å². The Morgan fingerprint density at radius 3 is 2.67 bits per heavy atom. The van der Waals surface area contributed by atoms with Crippen LogP contribution in [0, 0.1) is 0 Å².